The quantitative estimate of drug-likeness (QED) is 0.597. The SMILES string of the molecule is CCOC(=O)c1ccc(NC(=O)COC(=O)c2ccc(-c3ncc[nH]3)cc2)cc1. The number of nitrogens with zero attached hydrogens (tertiary/aromatic N) is 1. The van der Waals surface area contributed by atoms with Gasteiger partial charge in [-0.1, -0.05) is 12.1 Å². The Kier molecular flexibility index (Phi) is 6.36. The standard InChI is InChI=1S/C21H19N3O5/c1-2-28-20(26)16-7-9-17(10-8-16)24-18(25)13-29-21(27)15-5-3-14(4-6-15)19-22-11-12-23-19/h3-12H,2,13H2,1H3,(H,22,23)(H,24,25). The summed E-state index contributed by atoms with van der Waals surface area (Å²) in [5, 5.41) is 2.59. The number of carbonyl (C=O) groups excluding carboxylic acids is 3. The lowest BCUT2D eigenvalue weighted by Gasteiger charge is -2.08. The van der Waals surface area contributed by atoms with Crippen LogP contribution in [0.3, 0.4) is 0 Å². The smallest absolute Gasteiger partial charge is 0.338 e. The lowest BCUT2D eigenvalue weighted by Crippen LogP contribution is -2.21. The van der Waals surface area contributed by atoms with Crippen LogP contribution in [0.2, 0.25) is 0 Å². The molecule has 1 aromatic heterocycles. The van der Waals surface area contributed by atoms with Gasteiger partial charge in [0, 0.05) is 23.6 Å². The number of hydrogen-bond acceptors (Lipinski definition) is 6. The lowest BCUT2D eigenvalue weighted by molar-refractivity contribution is -0.119. The first-order valence-corrected chi connectivity index (χ1v) is 8.91. The topological polar surface area (TPSA) is 110 Å². The summed E-state index contributed by atoms with van der Waals surface area (Å²) in [6.45, 7) is 1.58. The number of carbonyl (C=O) groups is 3. The zero-order valence-corrected chi connectivity index (χ0v) is 15.7. The predicted molar refractivity (Wildman–Crippen MR) is 105 cm³/mol. The molecule has 8 heteroatoms. The minimum absolute atomic E-state index is 0.286. The Morgan fingerprint density at radius 1 is 0.931 bits per heavy atom. The molecule has 0 aliphatic carbocycles. The third-order valence-corrected chi connectivity index (χ3v) is 3.91. The summed E-state index contributed by atoms with van der Waals surface area (Å²) in [6, 6.07) is 12.9. The third kappa shape index (κ3) is 5.29. The van der Waals surface area contributed by atoms with Crippen molar-refractivity contribution in [2.45, 2.75) is 6.92 Å². The van der Waals surface area contributed by atoms with Crippen LogP contribution in [0.15, 0.2) is 60.9 Å². The van der Waals surface area contributed by atoms with Crippen LogP contribution in [0.25, 0.3) is 11.4 Å². The molecule has 8 nitrogen and oxygen atoms in total. The highest BCUT2D eigenvalue weighted by atomic mass is 16.5. The summed E-state index contributed by atoms with van der Waals surface area (Å²) >= 11 is 0. The average Bonchev–Trinajstić information content (AvgIpc) is 3.28. The normalized spacial score (nSPS) is 10.2. The first kappa shape index (κ1) is 19.8. The van der Waals surface area contributed by atoms with Crippen LogP contribution in [-0.2, 0) is 14.3 Å². The molecule has 1 heterocycles. The van der Waals surface area contributed by atoms with E-state index in [4.69, 9.17) is 9.47 Å². The van der Waals surface area contributed by atoms with E-state index >= 15 is 0 Å². The van der Waals surface area contributed by atoms with E-state index in [2.05, 4.69) is 15.3 Å². The number of esters is 2. The monoisotopic (exact) mass is 393 g/mol. The summed E-state index contributed by atoms with van der Waals surface area (Å²) in [5.74, 6) is -0.839. The van der Waals surface area contributed by atoms with Gasteiger partial charge in [0.2, 0.25) is 0 Å². The minimum Gasteiger partial charge on any atom is -0.462 e. The van der Waals surface area contributed by atoms with E-state index in [1.165, 1.54) is 0 Å². The van der Waals surface area contributed by atoms with Gasteiger partial charge < -0.3 is 19.8 Å². The molecule has 3 rings (SSSR count). The Hall–Kier alpha value is -3.94. The molecule has 0 radical (unpaired) electrons. The molecule has 2 aromatic carbocycles. The molecular weight excluding hydrogens is 374 g/mol. The summed E-state index contributed by atoms with van der Waals surface area (Å²) in [7, 11) is 0. The van der Waals surface area contributed by atoms with Gasteiger partial charge in [-0.05, 0) is 43.3 Å². The highest BCUT2D eigenvalue weighted by Gasteiger charge is 2.12. The largest absolute Gasteiger partial charge is 0.462 e. The second-order valence-corrected chi connectivity index (χ2v) is 5.94. The highest BCUT2D eigenvalue weighted by Crippen LogP contribution is 2.16. The van der Waals surface area contributed by atoms with Crippen molar-refractivity contribution < 1.29 is 23.9 Å². The molecule has 0 atom stereocenters. The average molecular weight is 393 g/mol. The van der Waals surface area contributed by atoms with Gasteiger partial charge in [-0.3, -0.25) is 4.79 Å². The van der Waals surface area contributed by atoms with Crippen molar-refractivity contribution in [3.8, 4) is 11.4 Å². The van der Waals surface area contributed by atoms with E-state index in [9.17, 15) is 14.4 Å². The number of hydrogen-bond donors (Lipinski definition) is 2. The second-order valence-electron chi connectivity index (χ2n) is 5.94. The second kappa shape index (κ2) is 9.32. The van der Waals surface area contributed by atoms with Gasteiger partial charge in [0.1, 0.15) is 5.82 Å². The summed E-state index contributed by atoms with van der Waals surface area (Å²) in [6.07, 6.45) is 3.35. The summed E-state index contributed by atoms with van der Waals surface area (Å²) in [5.41, 5.74) is 2.01. The van der Waals surface area contributed by atoms with Gasteiger partial charge in [-0.2, -0.15) is 0 Å². The molecule has 0 fully saturated rings. The minimum atomic E-state index is -0.608. The van der Waals surface area contributed by atoms with Crippen LogP contribution in [0.4, 0.5) is 5.69 Å². The Morgan fingerprint density at radius 2 is 1.55 bits per heavy atom. The molecule has 0 spiro atoms. The highest BCUT2D eigenvalue weighted by molar-refractivity contribution is 5.96. The zero-order chi connectivity index (χ0) is 20.6. The Labute approximate surface area is 166 Å². The van der Waals surface area contributed by atoms with Gasteiger partial charge in [0.15, 0.2) is 6.61 Å². The van der Waals surface area contributed by atoms with E-state index < -0.39 is 24.5 Å². The van der Waals surface area contributed by atoms with E-state index in [-0.39, 0.29) is 6.61 Å². The number of benzene rings is 2. The molecule has 29 heavy (non-hydrogen) atoms. The van der Waals surface area contributed by atoms with Crippen LogP contribution in [0.1, 0.15) is 27.6 Å². The molecule has 1 amide bonds. The van der Waals surface area contributed by atoms with Crippen molar-refractivity contribution >= 4 is 23.5 Å². The summed E-state index contributed by atoms with van der Waals surface area (Å²) in [4.78, 5) is 42.8. The van der Waals surface area contributed by atoms with Crippen LogP contribution in [0.5, 0.6) is 0 Å². The maximum absolute atomic E-state index is 12.1. The number of anilines is 1. The fraction of sp³-hybridized carbons (Fsp3) is 0.143. The van der Waals surface area contributed by atoms with Crippen LogP contribution < -0.4 is 5.32 Å². The molecule has 0 bridgehead atoms. The molecule has 0 saturated heterocycles. The molecule has 3 aromatic rings. The molecule has 2 N–H and O–H groups in total. The fourth-order valence-corrected chi connectivity index (χ4v) is 2.50. The number of nitrogens with one attached hydrogen (secondary N) is 2. The molecule has 0 saturated carbocycles. The number of imidazole rings is 1. The van der Waals surface area contributed by atoms with Crippen LogP contribution in [0, 0.1) is 0 Å². The number of ether oxygens (including phenoxy) is 2. The van der Waals surface area contributed by atoms with Crippen molar-refractivity contribution in [1.29, 1.82) is 0 Å². The van der Waals surface area contributed by atoms with Gasteiger partial charge in [-0.25, -0.2) is 14.6 Å². The van der Waals surface area contributed by atoms with Crippen molar-refractivity contribution in [3.05, 3.63) is 72.1 Å². The Bertz CT molecular complexity index is 980. The van der Waals surface area contributed by atoms with E-state index in [0.717, 1.165) is 5.56 Å². The maximum atomic E-state index is 12.1. The van der Waals surface area contributed by atoms with Gasteiger partial charge >= 0.3 is 11.9 Å². The molecule has 0 unspecified atom stereocenters. The maximum Gasteiger partial charge on any atom is 0.338 e. The number of rotatable bonds is 7. The fourth-order valence-electron chi connectivity index (χ4n) is 2.50. The molecule has 0 aliphatic heterocycles. The third-order valence-electron chi connectivity index (χ3n) is 3.91. The van der Waals surface area contributed by atoms with Gasteiger partial charge in [0.25, 0.3) is 5.91 Å². The number of amides is 1. The first-order chi connectivity index (χ1) is 14.1. The number of aromatic nitrogens is 2. The van der Waals surface area contributed by atoms with Crippen LogP contribution in [-0.4, -0.2) is 41.0 Å². The number of aromatic amines is 1. The summed E-state index contributed by atoms with van der Waals surface area (Å²) < 4.78 is 9.93. The van der Waals surface area contributed by atoms with Crippen molar-refractivity contribution in [3.63, 3.8) is 0 Å². The Balaban J connectivity index is 1.50. The zero-order valence-electron chi connectivity index (χ0n) is 15.7. The first-order valence-electron chi connectivity index (χ1n) is 8.91. The van der Waals surface area contributed by atoms with Crippen LogP contribution >= 0.6 is 0 Å². The van der Waals surface area contributed by atoms with E-state index in [1.807, 2.05) is 0 Å². The van der Waals surface area contributed by atoms with Gasteiger partial charge in [0.05, 0.1) is 17.7 Å². The van der Waals surface area contributed by atoms with Crippen molar-refractivity contribution in [2.24, 2.45) is 0 Å². The number of H-pyrrole nitrogens is 1. The van der Waals surface area contributed by atoms with E-state index in [1.54, 1.807) is 67.8 Å². The van der Waals surface area contributed by atoms with Crippen molar-refractivity contribution in [1.82, 2.24) is 9.97 Å². The van der Waals surface area contributed by atoms with Crippen molar-refractivity contribution in [2.75, 3.05) is 18.5 Å². The molecule has 0 aliphatic rings. The molecule has 148 valence electrons. The lowest BCUT2D eigenvalue weighted by atomic mass is 10.1. The molecular formula is C21H19N3O5. The van der Waals surface area contributed by atoms with E-state index in [0.29, 0.717) is 22.6 Å². The van der Waals surface area contributed by atoms with Gasteiger partial charge in [-0.15, -0.1) is 0 Å². The predicted octanol–water partition coefficient (Wildman–Crippen LogP) is 3.05. The Morgan fingerprint density at radius 3 is 2.14 bits per heavy atom.